The lowest BCUT2D eigenvalue weighted by Crippen LogP contribution is -2.39. The Labute approximate surface area is 196 Å². The van der Waals surface area contributed by atoms with E-state index in [2.05, 4.69) is 31.0 Å². The number of carbonyl (C=O) groups excluding carboxylic acids is 2. The zero-order valence-corrected chi connectivity index (χ0v) is 20.0. The van der Waals surface area contributed by atoms with Crippen LogP contribution in [0.1, 0.15) is 58.7 Å². The van der Waals surface area contributed by atoms with E-state index in [1.54, 1.807) is 12.3 Å². The van der Waals surface area contributed by atoms with Crippen molar-refractivity contribution in [1.82, 2.24) is 4.98 Å². The Balaban J connectivity index is 1.67. The molecule has 172 valence electrons. The smallest absolute Gasteiger partial charge is 0.307 e. The molecule has 0 unspecified atom stereocenters. The second-order valence-electron chi connectivity index (χ2n) is 9.94. The SMILES string of the molecule is C[C@@H]1[C@@H](C)[C@H](CC(=O)OC(C)(C)C)C(=O)C[C@H]1/C=C/c1ccc(-c2ccccc2C#N)cn1. The maximum Gasteiger partial charge on any atom is 0.307 e. The highest BCUT2D eigenvalue weighted by Crippen LogP contribution is 2.39. The Hall–Kier alpha value is -3.26. The molecule has 0 radical (unpaired) electrons. The molecule has 3 rings (SSSR count). The molecule has 0 bridgehead atoms. The molecular formula is C28H32N2O3. The molecule has 1 aromatic carbocycles. The van der Waals surface area contributed by atoms with E-state index in [9.17, 15) is 14.9 Å². The molecule has 33 heavy (non-hydrogen) atoms. The van der Waals surface area contributed by atoms with E-state index in [0.29, 0.717) is 12.0 Å². The van der Waals surface area contributed by atoms with Crippen molar-refractivity contribution in [2.75, 3.05) is 0 Å². The maximum absolute atomic E-state index is 12.9. The highest BCUT2D eigenvalue weighted by Gasteiger charge is 2.40. The lowest BCUT2D eigenvalue weighted by molar-refractivity contribution is -0.159. The van der Waals surface area contributed by atoms with Crippen LogP contribution in [0.4, 0.5) is 0 Å². The van der Waals surface area contributed by atoms with Crippen LogP contribution in [0.5, 0.6) is 0 Å². The third-order valence-corrected chi connectivity index (χ3v) is 6.46. The minimum Gasteiger partial charge on any atom is -0.460 e. The first-order valence-corrected chi connectivity index (χ1v) is 11.5. The number of Topliss-reactive ketones (excluding diaryl/α,β-unsaturated/α-hetero) is 1. The minimum absolute atomic E-state index is 0.0891. The van der Waals surface area contributed by atoms with Gasteiger partial charge >= 0.3 is 5.97 Å². The van der Waals surface area contributed by atoms with Gasteiger partial charge in [-0.2, -0.15) is 5.26 Å². The fourth-order valence-electron chi connectivity index (χ4n) is 4.44. The fourth-order valence-corrected chi connectivity index (χ4v) is 4.44. The second kappa shape index (κ2) is 10.1. The normalized spacial score (nSPS) is 23.3. The molecule has 5 heteroatoms. The molecule has 0 aliphatic heterocycles. The largest absolute Gasteiger partial charge is 0.460 e. The predicted octanol–water partition coefficient (Wildman–Crippen LogP) is 5.84. The molecule has 4 atom stereocenters. The van der Waals surface area contributed by atoms with Crippen LogP contribution >= 0.6 is 0 Å². The number of hydrogen-bond donors (Lipinski definition) is 0. The van der Waals surface area contributed by atoms with Crippen LogP contribution in [-0.2, 0) is 14.3 Å². The van der Waals surface area contributed by atoms with Crippen molar-refractivity contribution >= 4 is 17.8 Å². The summed E-state index contributed by atoms with van der Waals surface area (Å²) < 4.78 is 5.43. The average molecular weight is 445 g/mol. The average Bonchev–Trinajstić information content (AvgIpc) is 2.77. The topological polar surface area (TPSA) is 80.0 Å². The van der Waals surface area contributed by atoms with E-state index in [0.717, 1.165) is 16.8 Å². The number of esters is 1. The number of carbonyl (C=O) groups is 2. The highest BCUT2D eigenvalue weighted by molar-refractivity contribution is 5.87. The molecule has 0 N–H and O–H groups in total. The summed E-state index contributed by atoms with van der Waals surface area (Å²) in [6.45, 7) is 9.71. The summed E-state index contributed by atoms with van der Waals surface area (Å²) in [7, 11) is 0. The van der Waals surface area contributed by atoms with Gasteiger partial charge in [-0.3, -0.25) is 14.6 Å². The molecule has 2 aromatic rings. The number of hydrogen-bond acceptors (Lipinski definition) is 5. The molecule has 0 spiro atoms. The molecule has 1 aliphatic rings. The molecule has 1 heterocycles. The molecule has 1 aromatic heterocycles. The minimum atomic E-state index is -0.547. The maximum atomic E-state index is 12.9. The zero-order chi connectivity index (χ0) is 24.2. The lowest BCUT2D eigenvalue weighted by Gasteiger charge is -2.37. The third-order valence-electron chi connectivity index (χ3n) is 6.46. The predicted molar refractivity (Wildman–Crippen MR) is 129 cm³/mol. The molecule has 0 saturated heterocycles. The third kappa shape index (κ3) is 6.16. The first-order chi connectivity index (χ1) is 15.6. The van der Waals surface area contributed by atoms with Crippen molar-refractivity contribution < 1.29 is 14.3 Å². The standard InChI is InChI=1S/C28H32N2O3/c1-18-19(2)25(15-27(32)33-28(3,4)5)26(31)14-20(18)10-12-23-13-11-22(17-30-23)24-9-7-6-8-21(24)16-29/h6-13,17-20,25H,14-15H2,1-5H3/b12-10+/t18-,19-,20-,25+/m1/s1. The quantitative estimate of drug-likeness (QED) is 0.541. The highest BCUT2D eigenvalue weighted by atomic mass is 16.6. The molecule has 1 aliphatic carbocycles. The fraction of sp³-hybridized carbons (Fsp3) is 0.429. The van der Waals surface area contributed by atoms with E-state index in [1.165, 1.54) is 0 Å². The Morgan fingerprint density at radius 2 is 1.91 bits per heavy atom. The van der Waals surface area contributed by atoms with Gasteiger partial charge in [0.05, 0.1) is 23.7 Å². The number of aromatic nitrogens is 1. The van der Waals surface area contributed by atoms with Gasteiger partial charge in [0.1, 0.15) is 11.4 Å². The van der Waals surface area contributed by atoms with Crippen molar-refractivity contribution in [1.29, 1.82) is 5.26 Å². The zero-order valence-electron chi connectivity index (χ0n) is 20.0. The van der Waals surface area contributed by atoms with Gasteiger partial charge in [-0.25, -0.2) is 0 Å². The second-order valence-corrected chi connectivity index (χ2v) is 9.94. The Bertz CT molecular complexity index is 1070. The Morgan fingerprint density at radius 3 is 2.55 bits per heavy atom. The van der Waals surface area contributed by atoms with Gasteiger partial charge < -0.3 is 4.74 Å². The summed E-state index contributed by atoms with van der Waals surface area (Å²) in [6.07, 6.45) is 6.35. The van der Waals surface area contributed by atoms with Crippen LogP contribution in [0, 0.1) is 35.0 Å². The van der Waals surface area contributed by atoms with Crippen LogP contribution in [-0.4, -0.2) is 22.3 Å². The van der Waals surface area contributed by atoms with Crippen LogP contribution in [0.25, 0.3) is 17.2 Å². The van der Waals surface area contributed by atoms with Crippen LogP contribution in [0.2, 0.25) is 0 Å². The van der Waals surface area contributed by atoms with Gasteiger partial charge in [-0.05, 0) is 56.7 Å². The molecule has 0 amide bonds. The van der Waals surface area contributed by atoms with E-state index in [1.807, 2.05) is 57.2 Å². The summed E-state index contributed by atoms with van der Waals surface area (Å²) in [5.74, 6) is -0.0339. The number of nitriles is 1. The number of ether oxygens (including phenoxy) is 1. The number of rotatable bonds is 5. The summed E-state index contributed by atoms with van der Waals surface area (Å²) in [4.78, 5) is 29.6. The molecule has 1 fully saturated rings. The van der Waals surface area contributed by atoms with Crippen molar-refractivity contribution in [2.24, 2.45) is 23.7 Å². The van der Waals surface area contributed by atoms with Crippen molar-refractivity contribution in [2.45, 2.75) is 53.1 Å². The summed E-state index contributed by atoms with van der Waals surface area (Å²) in [5.41, 5.74) is 2.63. The van der Waals surface area contributed by atoms with E-state index >= 15 is 0 Å². The van der Waals surface area contributed by atoms with E-state index in [-0.39, 0.29) is 41.8 Å². The van der Waals surface area contributed by atoms with Crippen molar-refractivity contribution in [3.8, 4) is 17.2 Å². The van der Waals surface area contributed by atoms with Crippen molar-refractivity contribution in [3.05, 3.63) is 59.9 Å². The molecular weight excluding hydrogens is 412 g/mol. The van der Waals surface area contributed by atoms with Crippen LogP contribution < -0.4 is 0 Å². The number of pyridine rings is 1. The van der Waals surface area contributed by atoms with Gasteiger partial charge in [0.2, 0.25) is 0 Å². The number of allylic oxidation sites excluding steroid dienone is 1. The van der Waals surface area contributed by atoms with Crippen LogP contribution in [0.3, 0.4) is 0 Å². The summed E-state index contributed by atoms with van der Waals surface area (Å²) in [6, 6.07) is 13.5. The van der Waals surface area contributed by atoms with E-state index < -0.39 is 5.60 Å². The molecule has 5 nitrogen and oxygen atoms in total. The van der Waals surface area contributed by atoms with Crippen LogP contribution in [0.15, 0.2) is 48.7 Å². The number of nitrogens with zero attached hydrogens (tertiary/aromatic N) is 2. The van der Waals surface area contributed by atoms with Gasteiger partial charge in [0.15, 0.2) is 0 Å². The number of ketones is 1. The van der Waals surface area contributed by atoms with E-state index in [4.69, 9.17) is 4.74 Å². The van der Waals surface area contributed by atoms with Gasteiger partial charge in [0, 0.05) is 29.7 Å². The molecule has 1 saturated carbocycles. The van der Waals surface area contributed by atoms with Gasteiger partial charge in [0.25, 0.3) is 0 Å². The first kappa shape index (κ1) is 24.4. The Morgan fingerprint density at radius 1 is 1.18 bits per heavy atom. The summed E-state index contributed by atoms with van der Waals surface area (Å²) in [5, 5.41) is 9.31. The number of benzene rings is 1. The first-order valence-electron chi connectivity index (χ1n) is 11.5. The Kier molecular flexibility index (Phi) is 7.48. The monoisotopic (exact) mass is 444 g/mol. The van der Waals surface area contributed by atoms with Gasteiger partial charge in [-0.1, -0.05) is 44.2 Å². The lowest BCUT2D eigenvalue weighted by atomic mass is 9.66. The van der Waals surface area contributed by atoms with Crippen molar-refractivity contribution in [3.63, 3.8) is 0 Å². The van der Waals surface area contributed by atoms with Gasteiger partial charge in [-0.15, -0.1) is 0 Å². The summed E-state index contributed by atoms with van der Waals surface area (Å²) >= 11 is 0.